The number of benzene rings is 2. The highest BCUT2D eigenvalue weighted by molar-refractivity contribution is 6.30. The first-order valence-electron chi connectivity index (χ1n) is 12.0. The number of carbonyl (C=O) groups excluding carboxylic acids is 5. The van der Waals surface area contributed by atoms with E-state index in [1.807, 2.05) is 0 Å². The van der Waals surface area contributed by atoms with Gasteiger partial charge in [0.2, 0.25) is 5.78 Å². The minimum atomic E-state index is -2.17. The Morgan fingerprint density at radius 3 is 2.11 bits per heavy atom. The molecular weight excluding hydrogens is 496 g/mol. The number of aromatic hydroxyl groups is 1. The van der Waals surface area contributed by atoms with Crippen molar-refractivity contribution in [3.05, 3.63) is 57.6 Å². The number of hydrogen-bond acceptors (Lipinski definition) is 10. The first kappa shape index (κ1) is 27.2. The molecule has 0 amide bonds. The summed E-state index contributed by atoms with van der Waals surface area (Å²) in [5, 5.41) is 22.9. The smallest absolute Gasteiger partial charge is 0.308 e. The molecule has 10 nitrogen and oxygen atoms in total. The van der Waals surface area contributed by atoms with Crippen LogP contribution in [-0.4, -0.2) is 57.3 Å². The average molecular weight is 525 g/mol. The minimum Gasteiger partial charge on any atom is -0.507 e. The van der Waals surface area contributed by atoms with Crippen molar-refractivity contribution in [2.24, 2.45) is 0 Å². The van der Waals surface area contributed by atoms with Crippen molar-refractivity contribution in [3.8, 4) is 11.5 Å². The van der Waals surface area contributed by atoms with Crippen molar-refractivity contribution in [1.82, 2.24) is 0 Å². The minimum absolute atomic E-state index is 0.0496. The number of Topliss-reactive ketones (excluding diaryl/α,β-unsaturated/α-hetero) is 1. The van der Waals surface area contributed by atoms with Gasteiger partial charge in [0.25, 0.3) is 0 Å². The van der Waals surface area contributed by atoms with E-state index < -0.39 is 70.9 Å². The zero-order valence-corrected chi connectivity index (χ0v) is 21.7. The van der Waals surface area contributed by atoms with E-state index in [1.165, 1.54) is 12.1 Å². The van der Waals surface area contributed by atoms with E-state index in [2.05, 4.69) is 0 Å². The van der Waals surface area contributed by atoms with E-state index in [1.54, 1.807) is 32.9 Å². The van der Waals surface area contributed by atoms with Gasteiger partial charge in [0.15, 0.2) is 18.2 Å². The fourth-order valence-corrected chi connectivity index (χ4v) is 4.95. The van der Waals surface area contributed by atoms with Gasteiger partial charge in [0, 0.05) is 48.9 Å². The number of phenols is 1. The predicted octanol–water partition coefficient (Wildman–Crippen LogP) is 2.76. The van der Waals surface area contributed by atoms with Gasteiger partial charge in [-0.2, -0.15) is 0 Å². The molecule has 0 unspecified atom stereocenters. The van der Waals surface area contributed by atoms with Crippen LogP contribution in [0.25, 0.3) is 0 Å². The second-order valence-corrected chi connectivity index (χ2v) is 10.5. The van der Waals surface area contributed by atoms with E-state index >= 15 is 0 Å². The second-order valence-electron chi connectivity index (χ2n) is 10.5. The number of ketones is 3. The highest BCUT2D eigenvalue weighted by Gasteiger charge is 2.50. The van der Waals surface area contributed by atoms with Gasteiger partial charge >= 0.3 is 11.9 Å². The van der Waals surface area contributed by atoms with Crippen LogP contribution >= 0.6 is 0 Å². The van der Waals surface area contributed by atoms with Crippen LogP contribution in [0.15, 0.2) is 24.3 Å². The Hall–Kier alpha value is -3.89. The summed E-state index contributed by atoms with van der Waals surface area (Å²) >= 11 is 0. The largest absolute Gasteiger partial charge is 0.507 e. The van der Waals surface area contributed by atoms with Crippen LogP contribution in [0.3, 0.4) is 0 Å². The Morgan fingerprint density at radius 1 is 1.00 bits per heavy atom. The average Bonchev–Trinajstić information content (AvgIpc) is 2.81. The van der Waals surface area contributed by atoms with Crippen molar-refractivity contribution >= 4 is 29.3 Å². The summed E-state index contributed by atoms with van der Waals surface area (Å²) < 4.78 is 16.5. The highest BCUT2D eigenvalue weighted by Crippen LogP contribution is 2.52. The SMILES string of the molecule is CC(=O)OCC(=O)[C@]1(O)Cc2c(O)c3c(c(OC(C)=O)c2[C@H](OC(C)(C)C)C1)C(=O)c1ccccc1C3=O. The zero-order chi connectivity index (χ0) is 28.2. The molecule has 0 saturated carbocycles. The summed E-state index contributed by atoms with van der Waals surface area (Å²) in [6, 6.07) is 6.05. The van der Waals surface area contributed by atoms with Gasteiger partial charge in [0.1, 0.15) is 17.1 Å². The molecule has 200 valence electrons. The third-order valence-electron chi connectivity index (χ3n) is 6.42. The number of rotatable bonds is 5. The Balaban J connectivity index is 2.02. The molecule has 10 heteroatoms. The number of carbonyl (C=O) groups is 5. The number of aliphatic hydroxyl groups is 1. The van der Waals surface area contributed by atoms with Crippen LogP contribution in [-0.2, 0) is 30.3 Å². The molecule has 2 aliphatic rings. The van der Waals surface area contributed by atoms with Crippen molar-refractivity contribution in [2.45, 2.75) is 64.8 Å². The molecule has 38 heavy (non-hydrogen) atoms. The molecule has 2 atom stereocenters. The van der Waals surface area contributed by atoms with Gasteiger partial charge in [-0.1, -0.05) is 24.3 Å². The molecule has 2 aliphatic carbocycles. The van der Waals surface area contributed by atoms with Crippen molar-refractivity contribution in [1.29, 1.82) is 0 Å². The number of fused-ring (bicyclic) bond motifs is 3. The molecule has 0 aromatic heterocycles. The quantitative estimate of drug-likeness (QED) is 0.376. The molecular formula is C28H28O10. The molecule has 0 saturated heterocycles. The fourth-order valence-electron chi connectivity index (χ4n) is 4.95. The van der Waals surface area contributed by atoms with Gasteiger partial charge in [-0.3, -0.25) is 24.0 Å². The number of ether oxygens (including phenoxy) is 3. The third kappa shape index (κ3) is 4.72. The third-order valence-corrected chi connectivity index (χ3v) is 6.42. The lowest BCUT2D eigenvalue weighted by Crippen LogP contribution is -2.48. The normalized spacial score (nSPS) is 20.2. The summed E-state index contributed by atoms with van der Waals surface area (Å²) in [5.74, 6) is -4.57. The Kier molecular flexibility index (Phi) is 6.75. The summed E-state index contributed by atoms with van der Waals surface area (Å²) in [5.41, 5.74) is -3.59. The number of phenolic OH excluding ortho intramolecular Hbond substituents is 1. The Morgan fingerprint density at radius 2 is 1.58 bits per heavy atom. The number of esters is 2. The molecule has 0 radical (unpaired) electrons. The van der Waals surface area contributed by atoms with Crippen LogP contribution in [0, 0.1) is 0 Å². The molecule has 2 aromatic rings. The molecule has 0 fully saturated rings. The van der Waals surface area contributed by atoms with Gasteiger partial charge in [-0.25, -0.2) is 0 Å². The van der Waals surface area contributed by atoms with E-state index in [4.69, 9.17) is 14.2 Å². The maximum atomic E-state index is 13.6. The molecule has 0 heterocycles. The fraction of sp³-hybridized carbons (Fsp3) is 0.393. The molecule has 0 bridgehead atoms. The summed E-state index contributed by atoms with van der Waals surface area (Å²) in [6.07, 6.45) is -2.03. The summed E-state index contributed by atoms with van der Waals surface area (Å²) in [4.78, 5) is 63.6. The maximum absolute atomic E-state index is 13.6. The highest BCUT2D eigenvalue weighted by atomic mass is 16.5. The maximum Gasteiger partial charge on any atom is 0.308 e. The molecule has 2 N–H and O–H groups in total. The van der Waals surface area contributed by atoms with Gasteiger partial charge < -0.3 is 24.4 Å². The second kappa shape index (κ2) is 9.45. The standard InChI is InChI=1S/C28H28O10/c1-13(29)36-12-19(31)28(35)10-17-20(18(11-28)38-27(3,4)5)26(37-14(2)30)22-21(25(17)34)23(32)15-8-6-7-9-16(15)24(22)33/h6-9,18,34-35H,10-12H2,1-5H3/t18-,28+/m1/s1. The lowest BCUT2D eigenvalue weighted by Gasteiger charge is -2.41. The van der Waals surface area contributed by atoms with Crippen LogP contribution in [0.4, 0.5) is 0 Å². The van der Waals surface area contributed by atoms with E-state index in [9.17, 15) is 34.2 Å². The monoisotopic (exact) mass is 524 g/mol. The summed E-state index contributed by atoms with van der Waals surface area (Å²) in [7, 11) is 0. The van der Waals surface area contributed by atoms with Gasteiger partial charge in [-0.15, -0.1) is 0 Å². The van der Waals surface area contributed by atoms with E-state index in [-0.39, 0.29) is 40.0 Å². The lowest BCUT2D eigenvalue weighted by atomic mass is 9.71. The van der Waals surface area contributed by atoms with Crippen LogP contribution in [0.2, 0.25) is 0 Å². The summed E-state index contributed by atoms with van der Waals surface area (Å²) in [6.45, 7) is 6.66. The van der Waals surface area contributed by atoms with Gasteiger partial charge in [-0.05, 0) is 20.8 Å². The van der Waals surface area contributed by atoms with Crippen LogP contribution < -0.4 is 4.74 Å². The first-order valence-corrected chi connectivity index (χ1v) is 12.0. The molecule has 0 spiro atoms. The van der Waals surface area contributed by atoms with E-state index in [0.29, 0.717) is 0 Å². The van der Waals surface area contributed by atoms with Crippen molar-refractivity contribution < 1.29 is 48.4 Å². The Bertz CT molecular complexity index is 1400. The Labute approximate surface area is 218 Å². The molecule has 2 aromatic carbocycles. The molecule has 0 aliphatic heterocycles. The lowest BCUT2D eigenvalue weighted by molar-refractivity contribution is -0.159. The number of hydrogen-bond donors (Lipinski definition) is 2. The zero-order valence-electron chi connectivity index (χ0n) is 21.7. The van der Waals surface area contributed by atoms with E-state index in [0.717, 1.165) is 13.8 Å². The van der Waals surface area contributed by atoms with Crippen LogP contribution in [0.1, 0.15) is 90.1 Å². The molecule has 4 rings (SSSR count). The van der Waals surface area contributed by atoms with Crippen molar-refractivity contribution in [2.75, 3.05) is 6.61 Å². The van der Waals surface area contributed by atoms with Gasteiger partial charge in [0.05, 0.1) is 22.8 Å². The van der Waals surface area contributed by atoms with Crippen LogP contribution in [0.5, 0.6) is 11.5 Å². The van der Waals surface area contributed by atoms with Crippen molar-refractivity contribution in [3.63, 3.8) is 0 Å². The first-order chi connectivity index (χ1) is 17.6. The topological polar surface area (TPSA) is 154 Å². The predicted molar refractivity (Wildman–Crippen MR) is 131 cm³/mol.